The van der Waals surface area contributed by atoms with Crippen LogP contribution >= 0.6 is 0 Å². The van der Waals surface area contributed by atoms with E-state index in [1.54, 1.807) is 18.2 Å². The number of halogens is 3. The zero-order chi connectivity index (χ0) is 20.6. The van der Waals surface area contributed by atoms with E-state index in [1.165, 1.54) is 28.8 Å². The van der Waals surface area contributed by atoms with Crippen LogP contribution in [0.15, 0.2) is 47.3 Å². The first-order valence-electron chi connectivity index (χ1n) is 9.08. The molecule has 1 unspecified atom stereocenters. The molecule has 4 rings (SSSR count). The molecule has 1 atom stereocenters. The highest BCUT2D eigenvalue weighted by Gasteiger charge is 2.31. The lowest BCUT2D eigenvalue weighted by Gasteiger charge is -2.15. The fourth-order valence-corrected chi connectivity index (χ4v) is 3.44. The molecule has 6 nitrogen and oxygen atoms in total. The molecule has 1 fully saturated rings. The van der Waals surface area contributed by atoms with E-state index >= 15 is 0 Å². The lowest BCUT2D eigenvalue weighted by Crippen LogP contribution is -2.29. The summed E-state index contributed by atoms with van der Waals surface area (Å²) >= 11 is 0. The van der Waals surface area contributed by atoms with Crippen LogP contribution in [0, 0.1) is 0 Å². The first-order valence-corrected chi connectivity index (χ1v) is 9.08. The number of alkyl halides is 3. The molecule has 0 aliphatic carbocycles. The quantitative estimate of drug-likeness (QED) is 0.716. The van der Waals surface area contributed by atoms with E-state index in [2.05, 4.69) is 9.72 Å². The average molecular weight is 405 g/mol. The fraction of sp³-hybridized carbons (Fsp3) is 0.300. The van der Waals surface area contributed by atoms with Gasteiger partial charge in [-0.2, -0.15) is 0 Å². The maximum Gasteiger partial charge on any atom is 0.573 e. The number of ether oxygens (including phenoxy) is 2. The molecule has 0 amide bonds. The van der Waals surface area contributed by atoms with Crippen molar-refractivity contribution in [2.45, 2.75) is 31.9 Å². The number of fused-ring (bicyclic) bond motifs is 1. The fourth-order valence-electron chi connectivity index (χ4n) is 3.44. The molecule has 1 aliphatic heterocycles. The highest BCUT2D eigenvalue weighted by molar-refractivity contribution is 5.84. The van der Waals surface area contributed by atoms with Crippen molar-refractivity contribution in [3.63, 3.8) is 0 Å². The molecule has 2 heterocycles. The van der Waals surface area contributed by atoms with Gasteiger partial charge in [0.05, 0.1) is 23.6 Å². The number of aromatic nitrogens is 2. The largest absolute Gasteiger partial charge is 0.573 e. The third-order valence-corrected chi connectivity index (χ3v) is 4.82. The molecule has 9 heteroatoms. The molecule has 1 saturated heterocycles. The first-order chi connectivity index (χ1) is 13.8. The molecule has 2 aromatic carbocycles. The summed E-state index contributed by atoms with van der Waals surface area (Å²) in [5.74, 6) is -0.203. The van der Waals surface area contributed by atoms with E-state index in [0.29, 0.717) is 35.2 Å². The van der Waals surface area contributed by atoms with Crippen molar-refractivity contribution < 1.29 is 22.6 Å². The molecule has 0 radical (unpaired) electrons. The van der Waals surface area contributed by atoms with Crippen LogP contribution < -0.4 is 16.0 Å². The zero-order valence-corrected chi connectivity index (χ0v) is 15.3. The summed E-state index contributed by atoms with van der Waals surface area (Å²) < 4.78 is 47.8. The second kappa shape index (κ2) is 7.40. The lowest BCUT2D eigenvalue weighted by molar-refractivity contribution is -0.274. The lowest BCUT2D eigenvalue weighted by atomic mass is 10.0. The maximum absolute atomic E-state index is 12.8. The summed E-state index contributed by atoms with van der Waals surface area (Å²) in [6.45, 7) is 1.03. The Kier molecular flexibility index (Phi) is 4.91. The van der Waals surface area contributed by atoms with Crippen LogP contribution in [-0.2, 0) is 11.3 Å². The minimum atomic E-state index is -4.74. The van der Waals surface area contributed by atoms with Gasteiger partial charge in [0.2, 0.25) is 5.95 Å². The van der Waals surface area contributed by atoms with Gasteiger partial charge in [-0.3, -0.25) is 9.36 Å². The number of hydrogen-bond donors (Lipinski definition) is 1. The van der Waals surface area contributed by atoms with Gasteiger partial charge in [-0.1, -0.05) is 18.2 Å². The van der Waals surface area contributed by atoms with Gasteiger partial charge in [0.25, 0.3) is 5.56 Å². The van der Waals surface area contributed by atoms with Gasteiger partial charge in [0.1, 0.15) is 5.75 Å². The van der Waals surface area contributed by atoms with E-state index < -0.39 is 6.36 Å². The highest BCUT2D eigenvalue weighted by Crippen LogP contribution is 2.28. The van der Waals surface area contributed by atoms with E-state index in [4.69, 9.17) is 10.5 Å². The molecule has 0 saturated carbocycles. The standard InChI is InChI=1S/C20H18F3N3O3/c21-20(22,23)29-14-6-3-12(4-7-14)13-5-8-16-17(10-13)25-19(24)26(18(16)27)11-15-2-1-9-28-15/h3-8,10,15H,1-2,9,11H2,(H2,24,25). The third kappa shape index (κ3) is 4.19. The van der Waals surface area contributed by atoms with Crippen LogP contribution in [0.2, 0.25) is 0 Å². The van der Waals surface area contributed by atoms with Crippen LogP contribution in [0.1, 0.15) is 12.8 Å². The van der Waals surface area contributed by atoms with Crippen molar-refractivity contribution in [3.05, 3.63) is 52.8 Å². The minimum Gasteiger partial charge on any atom is -0.406 e. The Hall–Kier alpha value is -3.07. The Morgan fingerprint density at radius 2 is 1.90 bits per heavy atom. The minimum absolute atomic E-state index is 0.0500. The van der Waals surface area contributed by atoms with Gasteiger partial charge >= 0.3 is 6.36 Å². The molecule has 3 aromatic rings. The van der Waals surface area contributed by atoms with Crippen molar-refractivity contribution in [3.8, 4) is 16.9 Å². The van der Waals surface area contributed by atoms with Gasteiger partial charge in [0, 0.05) is 6.61 Å². The van der Waals surface area contributed by atoms with E-state index in [1.807, 2.05) is 0 Å². The van der Waals surface area contributed by atoms with Crippen molar-refractivity contribution in [2.24, 2.45) is 0 Å². The predicted octanol–water partition coefficient (Wildman–Crippen LogP) is 3.72. The van der Waals surface area contributed by atoms with Crippen LogP contribution in [0.25, 0.3) is 22.0 Å². The monoisotopic (exact) mass is 405 g/mol. The van der Waals surface area contributed by atoms with Crippen molar-refractivity contribution in [2.75, 3.05) is 12.3 Å². The molecular formula is C20H18F3N3O3. The van der Waals surface area contributed by atoms with Gasteiger partial charge in [0.15, 0.2) is 0 Å². The highest BCUT2D eigenvalue weighted by atomic mass is 19.4. The molecule has 29 heavy (non-hydrogen) atoms. The van der Waals surface area contributed by atoms with Crippen LogP contribution in [0.5, 0.6) is 5.75 Å². The van der Waals surface area contributed by atoms with Gasteiger partial charge in [-0.15, -0.1) is 13.2 Å². The number of benzene rings is 2. The normalized spacial score (nSPS) is 17.0. The molecule has 1 aliphatic rings. The van der Waals surface area contributed by atoms with E-state index in [-0.39, 0.29) is 23.4 Å². The average Bonchev–Trinajstić information content (AvgIpc) is 3.17. The predicted molar refractivity (Wildman–Crippen MR) is 102 cm³/mol. The van der Waals surface area contributed by atoms with Crippen LogP contribution in [0.3, 0.4) is 0 Å². The molecule has 0 spiro atoms. The van der Waals surface area contributed by atoms with E-state index in [0.717, 1.165) is 12.8 Å². The van der Waals surface area contributed by atoms with Crippen molar-refractivity contribution in [1.29, 1.82) is 0 Å². The summed E-state index contributed by atoms with van der Waals surface area (Å²) in [5, 5.41) is 0.415. The molecule has 0 bridgehead atoms. The second-order valence-electron chi connectivity index (χ2n) is 6.82. The number of rotatable bonds is 4. The first kappa shape index (κ1) is 19.3. The zero-order valence-electron chi connectivity index (χ0n) is 15.3. The maximum atomic E-state index is 12.8. The SMILES string of the molecule is Nc1nc2cc(-c3ccc(OC(F)(F)F)cc3)ccc2c(=O)n1CC1CCCO1. The van der Waals surface area contributed by atoms with Gasteiger partial charge in [-0.25, -0.2) is 4.98 Å². The number of nitrogens with zero attached hydrogens (tertiary/aromatic N) is 2. The summed E-state index contributed by atoms with van der Waals surface area (Å²) in [6, 6.07) is 10.5. The summed E-state index contributed by atoms with van der Waals surface area (Å²) in [6.07, 6.45) is -2.96. The van der Waals surface area contributed by atoms with Crippen molar-refractivity contribution >= 4 is 16.9 Å². The van der Waals surface area contributed by atoms with Crippen molar-refractivity contribution in [1.82, 2.24) is 9.55 Å². The van der Waals surface area contributed by atoms with Crippen LogP contribution in [0.4, 0.5) is 19.1 Å². The van der Waals surface area contributed by atoms with Crippen LogP contribution in [-0.4, -0.2) is 28.6 Å². The summed E-state index contributed by atoms with van der Waals surface area (Å²) in [5.41, 5.74) is 7.53. The van der Waals surface area contributed by atoms with E-state index in [9.17, 15) is 18.0 Å². The Morgan fingerprint density at radius 1 is 1.17 bits per heavy atom. The topological polar surface area (TPSA) is 79.4 Å². The molecule has 2 N–H and O–H groups in total. The third-order valence-electron chi connectivity index (χ3n) is 4.82. The number of nitrogen functional groups attached to an aromatic ring is 1. The summed E-state index contributed by atoms with van der Waals surface area (Å²) in [7, 11) is 0. The molecule has 1 aromatic heterocycles. The Labute approximate surface area is 163 Å². The number of anilines is 1. The second-order valence-corrected chi connectivity index (χ2v) is 6.82. The Bertz CT molecular complexity index is 1090. The number of hydrogen-bond acceptors (Lipinski definition) is 5. The Morgan fingerprint density at radius 3 is 2.55 bits per heavy atom. The smallest absolute Gasteiger partial charge is 0.406 e. The van der Waals surface area contributed by atoms with Gasteiger partial charge < -0.3 is 15.2 Å². The Balaban J connectivity index is 1.65. The summed E-state index contributed by atoms with van der Waals surface area (Å²) in [4.78, 5) is 17.2. The molecular weight excluding hydrogens is 387 g/mol. The number of nitrogens with two attached hydrogens (primary N) is 1. The molecule has 152 valence electrons. The van der Waals surface area contributed by atoms with Gasteiger partial charge in [-0.05, 0) is 48.2 Å².